The van der Waals surface area contributed by atoms with Gasteiger partial charge < -0.3 is 15.0 Å². The number of benzene rings is 1. The third-order valence-electron chi connectivity index (χ3n) is 6.45. The van der Waals surface area contributed by atoms with E-state index >= 15 is 0 Å². The van der Waals surface area contributed by atoms with Crippen molar-refractivity contribution in [3.8, 4) is 0 Å². The maximum atomic E-state index is 13.2. The van der Waals surface area contributed by atoms with Gasteiger partial charge in [-0.05, 0) is 52.2 Å². The number of thioether (sulfide) groups is 1. The summed E-state index contributed by atoms with van der Waals surface area (Å²) in [6, 6.07) is 10.6. The summed E-state index contributed by atoms with van der Waals surface area (Å²) in [5.41, 5.74) is 0.588. The van der Waals surface area contributed by atoms with Gasteiger partial charge in [0.05, 0.1) is 5.88 Å². The number of anilines is 1. The van der Waals surface area contributed by atoms with Crippen LogP contribution in [0.5, 0.6) is 0 Å². The smallest absolute Gasteiger partial charge is 0.411 e. The number of para-hydroxylation sites is 1. The van der Waals surface area contributed by atoms with Gasteiger partial charge >= 0.3 is 6.09 Å². The second-order valence-corrected chi connectivity index (χ2v) is 11.1. The number of nitrogens with one attached hydrogen (secondary N) is 1. The SMILES string of the molecule is CC(C)(C)OC(=O)N1C[C@@H](N2CCC(Nc3ccccc3)CC2)C[C@H]1C(=O)N1CCSC1. The second-order valence-electron chi connectivity index (χ2n) is 10.00. The van der Waals surface area contributed by atoms with Crippen LogP contribution >= 0.6 is 11.8 Å². The maximum Gasteiger partial charge on any atom is 0.411 e. The number of likely N-dealkylation sites (tertiary alicyclic amines) is 2. The van der Waals surface area contributed by atoms with Crippen molar-refractivity contribution in [3.63, 3.8) is 0 Å². The Balaban J connectivity index is 1.38. The molecule has 32 heavy (non-hydrogen) atoms. The monoisotopic (exact) mass is 460 g/mol. The molecule has 0 radical (unpaired) electrons. The Bertz CT molecular complexity index is 786. The minimum atomic E-state index is -0.576. The molecular weight excluding hydrogens is 424 g/mol. The molecule has 0 aliphatic carbocycles. The Morgan fingerprint density at radius 1 is 1.09 bits per heavy atom. The van der Waals surface area contributed by atoms with Crippen LogP contribution in [-0.2, 0) is 9.53 Å². The van der Waals surface area contributed by atoms with Gasteiger partial charge in [0.15, 0.2) is 0 Å². The van der Waals surface area contributed by atoms with E-state index in [4.69, 9.17) is 4.74 Å². The van der Waals surface area contributed by atoms with Gasteiger partial charge in [0.2, 0.25) is 5.91 Å². The molecule has 3 heterocycles. The number of carbonyl (C=O) groups is 2. The lowest BCUT2D eigenvalue weighted by Gasteiger charge is -2.36. The summed E-state index contributed by atoms with van der Waals surface area (Å²) in [4.78, 5) is 32.3. The summed E-state index contributed by atoms with van der Waals surface area (Å²) in [5.74, 6) is 1.76. The molecule has 1 aromatic rings. The third-order valence-corrected chi connectivity index (χ3v) is 7.41. The summed E-state index contributed by atoms with van der Waals surface area (Å²) in [6.45, 7) is 8.88. The first-order chi connectivity index (χ1) is 15.3. The lowest BCUT2D eigenvalue weighted by atomic mass is 10.0. The number of piperidine rings is 1. The third kappa shape index (κ3) is 5.70. The van der Waals surface area contributed by atoms with Crippen LogP contribution in [0.25, 0.3) is 0 Å². The Hall–Kier alpha value is -1.93. The van der Waals surface area contributed by atoms with Gasteiger partial charge in [0, 0.05) is 49.7 Å². The molecule has 0 spiro atoms. The first-order valence-electron chi connectivity index (χ1n) is 11.7. The van der Waals surface area contributed by atoms with Crippen molar-refractivity contribution in [3.05, 3.63) is 30.3 Å². The Morgan fingerprint density at radius 2 is 1.81 bits per heavy atom. The molecule has 3 fully saturated rings. The van der Waals surface area contributed by atoms with Crippen LogP contribution in [0.2, 0.25) is 0 Å². The van der Waals surface area contributed by atoms with Crippen molar-refractivity contribution < 1.29 is 14.3 Å². The highest BCUT2D eigenvalue weighted by molar-refractivity contribution is 7.99. The standard InChI is InChI=1S/C24H36N4O3S/c1-24(2,3)31-23(30)28-16-20(15-21(28)22(29)27-13-14-32-17-27)26-11-9-19(10-12-26)25-18-7-5-4-6-8-18/h4-8,19-21,25H,9-17H2,1-3H3/t20-,21-/m0/s1. The Morgan fingerprint density at radius 3 is 2.44 bits per heavy atom. The van der Waals surface area contributed by atoms with Crippen LogP contribution in [0.1, 0.15) is 40.0 Å². The largest absolute Gasteiger partial charge is 0.444 e. The number of hydrogen-bond acceptors (Lipinski definition) is 6. The van der Waals surface area contributed by atoms with Crippen LogP contribution in [0.15, 0.2) is 30.3 Å². The van der Waals surface area contributed by atoms with E-state index < -0.39 is 11.6 Å². The molecule has 4 rings (SSSR count). The molecule has 8 heteroatoms. The molecule has 3 saturated heterocycles. The van der Waals surface area contributed by atoms with Crippen LogP contribution in [0, 0.1) is 0 Å². The average molecular weight is 461 g/mol. The molecule has 0 unspecified atom stereocenters. The van der Waals surface area contributed by atoms with E-state index in [-0.39, 0.29) is 18.0 Å². The number of rotatable bonds is 4. The van der Waals surface area contributed by atoms with E-state index in [1.165, 1.54) is 0 Å². The van der Waals surface area contributed by atoms with Gasteiger partial charge in [-0.1, -0.05) is 18.2 Å². The number of carbonyl (C=O) groups excluding carboxylic acids is 2. The first kappa shape index (κ1) is 23.2. The van der Waals surface area contributed by atoms with E-state index in [1.807, 2.05) is 31.7 Å². The van der Waals surface area contributed by atoms with Gasteiger partial charge in [-0.15, -0.1) is 11.8 Å². The van der Waals surface area contributed by atoms with Gasteiger partial charge in [-0.2, -0.15) is 0 Å². The highest BCUT2D eigenvalue weighted by atomic mass is 32.2. The van der Waals surface area contributed by atoms with Gasteiger partial charge in [-0.3, -0.25) is 14.6 Å². The molecule has 3 aliphatic rings. The molecule has 176 valence electrons. The molecular formula is C24H36N4O3S. The summed E-state index contributed by atoms with van der Waals surface area (Å²) in [6.07, 6.45) is 2.43. The summed E-state index contributed by atoms with van der Waals surface area (Å²) < 4.78 is 5.67. The fourth-order valence-electron chi connectivity index (χ4n) is 4.81. The molecule has 0 saturated carbocycles. The number of amides is 2. The number of ether oxygens (including phenoxy) is 1. The normalized spacial score (nSPS) is 25.2. The van der Waals surface area contributed by atoms with Crippen molar-refractivity contribution in [2.45, 2.75) is 63.8 Å². The van der Waals surface area contributed by atoms with Crippen molar-refractivity contribution in [1.29, 1.82) is 0 Å². The fourth-order valence-corrected chi connectivity index (χ4v) is 5.77. The van der Waals surface area contributed by atoms with Crippen molar-refractivity contribution in [2.24, 2.45) is 0 Å². The molecule has 1 N–H and O–H groups in total. The minimum Gasteiger partial charge on any atom is -0.444 e. The van der Waals surface area contributed by atoms with Crippen molar-refractivity contribution >= 4 is 29.4 Å². The topological polar surface area (TPSA) is 65.1 Å². The van der Waals surface area contributed by atoms with Gasteiger partial charge in [0.1, 0.15) is 11.6 Å². The van der Waals surface area contributed by atoms with Crippen molar-refractivity contribution in [2.75, 3.05) is 43.1 Å². The lowest BCUT2D eigenvalue weighted by molar-refractivity contribution is -0.134. The molecule has 7 nitrogen and oxygen atoms in total. The zero-order valence-electron chi connectivity index (χ0n) is 19.5. The molecule has 3 aliphatic heterocycles. The Kier molecular flexibility index (Phi) is 7.20. The van der Waals surface area contributed by atoms with E-state index in [0.29, 0.717) is 19.0 Å². The van der Waals surface area contributed by atoms with E-state index in [0.717, 1.165) is 49.8 Å². The molecule has 2 atom stereocenters. The highest BCUT2D eigenvalue weighted by Gasteiger charge is 2.45. The van der Waals surface area contributed by atoms with E-state index in [1.54, 1.807) is 16.7 Å². The first-order valence-corrected chi connectivity index (χ1v) is 12.9. The molecule has 2 amide bonds. The summed E-state index contributed by atoms with van der Waals surface area (Å²) >= 11 is 1.77. The summed E-state index contributed by atoms with van der Waals surface area (Å²) in [5, 5.41) is 3.63. The molecule has 0 bridgehead atoms. The van der Waals surface area contributed by atoms with Crippen LogP contribution < -0.4 is 5.32 Å². The predicted molar refractivity (Wildman–Crippen MR) is 129 cm³/mol. The van der Waals surface area contributed by atoms with Crippen LogP contribution in [0.4, 0.5) is 10.5 Å². The molecule has 0 aromatic heterocycles. The van der Waals surface area contributed by atoms with Gasteiger partial charge in [0.25, 0.3) is 0 Å². The lowest BCUT2D eigenvalue weighted by Crippen LogP contribution is -2.48. The number of nitrogens with zero attached hydrogens (tertiary/aromatic N) is 3. The number of hydrogen-bond donors (Lipinski definition) is 1. The fraction of sp³-hybridized carbons (Fsp3) is 0.667. The summed E-state index contributed by atoms with van der Waals surface area (Å²) in [7, 11) is 0. The quantitative estimate of drug-likeness (QED) is 0.742. The predicted octanol–water partition coefficient (Wildman–Crippen LogP) is 3.47. The zero-order valence-corrected chi connectivity index (χ0v) is 20.3. The second kappa shape index (κ2) is 9.91. The Labute approximate surface area is 195 Å². The van der Waals surface area contributed by atoms with Crippen molar-refractivity contribution in [1.82, 2.24) is 14.7 Å². The van der Waals surface area contributed by atoms with Crippen LogP contribution in [-0.4, -0.2) is 88.2 Å². The highest BCUT2D eigenvalue weighted by Crippen LogP contribution is 2.30. The van der Waals surface area contributed by atoms with Gasteiger partial charge in [-0.25, -0.2) is 4.79 Å². The van der Waals surface area contributed by atoms with E-state index in [2.05, 4.69) is 34.5 Å². The zero-order chi connectivity index (χ0) is 22.7. The van der Waals surface area contributed by atoms with Crippen LogP contribution in [0.3, 0.4) is 0 Å². The minimum absolute atomic E-state index is 0.0731. The van der Waals surface area contributed by atoms with E-state index in [9.17, 15) is 9.59 Å². The average Bonchev–Trinajstić information content (AvgIpc) is 3.44. The molecule has 1 aromatic carbocycles. The maximum absolute atomic E-state index is 13.2.